The molecule has 1 aliphatic rings. The predicted octanol–water partition coefficient (Wildman–Crippen LogP) is 3.31. The number of amides is 1. The summed E-state index contributed by atoms with van der Waals surface area (Å²) in [5.41, 5.74) is 2.36. The highest BCUT2D eigenvalue weighted by Crippen LogP contribution is 2.20. The summed E-state index contributed by atoms with van der Waals surface area (Å²) in [6.45, 7) is 2.21. The summed E-state index contributed by atoms with van der Waals surface area (Å²) in [4.78, 5) is 18.6. The van der Waals surface area contributed by atoms with Gasteiger partial charge in [-0.3, -0.25) is 4.79 Å². The van der Waals surface area contributed by atoms with Gasteiger partial charge in [0, 0.05) is 19.5 Å². The van der Waals surface area contributed by atoms with Crippen molar-refractivity contribution in [1.82, 2.24) is 4.98 Å². The summed E-state index contributed by atoms with van der Waals surface area (Å²) in [6, 6.07) is 5.98. The van der Waals surface area contributed by atoms with Crippen molar-refractivity contribution >= 4 is 28.7 Å². The molecule has 0 bridgehead atoms. The molecule has 0 radical (unpaired) electrons. The van der Waals surface area contributed by atoms with Crippen LogP contribution in [0.1, 0.15) is 24.8 Å². The number of carbonyl (C=O) groups is 1. The van der Waals surface area contributed by atoms with Crippen LogP contribution in [0, 0.1) is 0 Å². The van der Waals surface area contributed by atoms with Gasteiger partial charge in [0.25, 0.3) is 0 Å². The van der Waals surface area contributed by atoms with Gasteiger partial charge in [-0.2, -0.15) is 11.3 Å². The van der Waals surface area contributed by atoms with Crippen LogP contribution in [-0.2, 0) is 11.2 Å². The molecule has 1 aliphatic heterocycles. The highest BCUT2D eigenvalue weighted by Gasteiger charge is 2.12. The van der Waals surface area contributed by atoms with Gasteiger partial charge in [0.15, 0.2) is 0 Å². The Hall–Kier alpha value is -1.88. The number of aromatic nitrogens is 1. The van der Waals surface area contributed by atoms with E-state index in [1.54, 1.807) is 11.3 Å². The van der Waals surface area contributed by atoms with Crippen molar-refractivity contribution in [3.05, 3.63) is 40.7 Å². The van der Waals surface area contributed by atoms with E-state index in [4.69, 9.17) is 0 Å². The van der Waals surface area contributed by atoms with Crippen molar-refractivity contribution in [2.24, 2.45) is 0 Å². The van der Waals surface area contributed by atoms with E-state index >= 15 is 0 Å². The van der Waals surface area contributed by atoms with E-state index in [0.29, 0.717) is 12.2 Å². The SMILES string of the molecule is O=C(CCc1ccsc1)Nc1ccc(N2CCCC2)cn1. The molecule has 1 saturated heterocycles. The van der Waals surface area contributed by atoms with E-state index in [-0.39, 0.29) is 5.91 Å². The van der Waals surface area contributed by atoms with Crippen molar-refractivity contribution in [2.45, 2.75) is 25.7 Å². The minimum Gasteiger partial charge on any atom is -0.370 e. The molecule has 0 unspecified atom stereocenters. The summed E-state index contributed by atoms with van der Waals surface area (Å²) in [7, 11) is 0. The molecule has 3 heterocycles. The third kappa shape index (κ3) is 3.82. The van der Waals surface area contributed by atoms with Crippen LogP contribution in [0.25, 0.3) is 0 Å². The van der Waals surface area contributed by atoms with Crippen molar-refractivity contribution in [1.29, 1.82) is 0 Å². The van der Waals surface area contributed by atoms with Crippen molar-refractivity contribution in [2.75, 3.05) is 23.3 Å². The van der Waals surface area contributed by atoms with Crippen molar-refractivity contribution in [3.8, 4) is 0 Å². The first-order chi connectivity index (χ1) is 10.3. The highest BCUT2D eigenvalue weighted by atomic mass is 32.1. The number of carbonyl (C=O) groups excluding carboxylic acids is 1. The molecule has 110 valence electrons. The topological polar surface area (TPSA) is 45.2 Å². The molecule has 3 rings (SSSR count). The Morgan fingerprint density at radius 2 is 2.14 bits per heavy atom. The first-order valence-corrected chi connectivity index (χ1v) is 8.27. The van der Waals surface area contributed by atoms with Gasteiger partial charge < -0.3 is 10.2 Å². The van der Waals surface area contributed by atoms with E-state index in [0.717, 1.165) is 25.2 Å². The third-order valence-electron chi connectivity index (χ3n) is 3.71. The average molecular weight is 301 g/mol. The quantitative estimate of drug-likeness (QED) is 0.921. The summed E-state index contributed by atoms with van der Waals surface area (Å²) < 4.78 is 0. The fourth-order valence-electron chi connectivity index (χ4n) is 2.52. The minimum absolute atomic E-state index is 0.0163. The number of aryl methyl sites for hydroxylation is 1. The predicted molar refractivity (Wildman–Crippen MR) is 87.0 cm³/mol. The molecule has 0 aromatic carbocycles. The van der Waals surface area contributed by atoms with Gasteiger partial charge in [0.2, 0.25) is 5.91 Å². The van der Waals surface area contributed by atoms with Crippen molar-refractivity contribution in [3.63, 3.8) is 0 Å². The van der Waals surface area contributed by atoms with Gasteiger partial charge in [-0.1, -0.05) is 0 Å². The zero-order chi connectivity index (χ0) is 14.5. The number of hydrogen-bond donors (Lipinski definition) is 1. The van der Waals surface area contributed by atoms with Gasteiger partial charge in [-0.25, -0.2) is 4.98 Å². The molecule has 21 heavy (non-hydrogen) atoms. The van der Waals surface area contributed by atoms with E-state index < -0.39 is 0 Å². The lowest BCUT2D eigenvalue weighted by molar-refractivity contribution is -0.116. The fourth-order valence-corrected chi connectivity index (χ4v) is 3.22. The average Bonchev–Trinajstić information content (AvgIpc) is 3.19. The van der Waals surface area contributed by atoms with Crippen LogP contribution in [-0.4, -0.2) is 24.0 Å². The maximum atomic E-state index is 11.9. The first-order valence-electron chi connectivity index (χ1n) is 7.33. The van der Waals surface area contributed by atoms with Gasteiger partial charge in [0.05, 0.1) is 11.9 Å². The second-order valence-electron chi connectivity index (χ2n) is 5.28. The van der Waals surface area contributed by atoms with Crippen LogP contribution in [0.5, 0.6) is 0 Å². The third-order valence-corrected chi connectivity index (χ3v) is 4.44. The van der Waals surface area contributed by atoms with E-state index in [2.05, 4.69) is 26.6 Å². The largest absolute Gasteiger partial charge is 0.370 e. The lowest BCUT2D eigenvalue weighted by atomic mass is 10.2. The number of hydrogen-bond acceptors (Lipinski definition) is 4. The van der Waals surface area contributed by atoms with Crippen LogP contribution in [0.4, 0.5) is 11.5 Å². The van der Waals surface area contributed by atoms with Crippen LogP contribution < -0.4 is 10.2 Å². The summed E-state index contributed by atoms with van der Waals surface area (Å²) >= 11 is 1.66. The first kappa shape index (κ1) is 14.1. The maximum absolute atomic E-state index is 11.9. The standard InChI is InChI=1S/C16H19N3OS/c20-16(6-3-13-7-10-21-12-13)18-15-5-4-14(11-17-15)19-8-1-2-9-19/h4-5,7,10-12H,1-3,6,8-9H2,(H,17,18,20). The molecule has 0 aliphatic carbocycles. The molecule has 1 amide bonds. The molecule has 2 aromatic heterocycles. The molecule has 4 nitrogen and oxygen atoms in total. The van der Waals surface area contributed by atoms with Gasteiger partial charge in [0.1, 0.15) is 5.82 Å². The molecule has 0 spiro atoms. The summed E-state index contributed by atoms with van der Waals surface area (Å²) in [5, 5.41) is 6.97. The smallest absolute Gasteiger partial charge is 0.225 e. The molecular weight excluding hydrogens is 282 g/mol. The number of anilines is 2. The molecule has 5 heteroatoms. The summed E-state index contributed by atoms with van der Waals surface area (Å²) in [5.74, 6) is 0.649. The maximum Gasteiger partial charge on any atom is 0.225 e. The Kier molecular flexibility index (Phi) is 4.50. The zero-order valence-corrected chi connectivity index (χ0v) is 12.7. The van der Waals surface area contributed by atoms with Gasteiger partial charge in [-0.05, 0) is 53.8 Å². The Labute approximate surface area is 128 Å². The normalized spacial score (nSPS) is 14.4. The zero-order valence-electron chi connectivity index (χ0n) is 11.9. The Morgan fingerprint density at radius 3 is 2.81 bits per heavy atom. The van der Waals surface area contributed by atoms with Crippen LogP contribution in [0.15, 0.2) is 35.2 Å². The molecule has 1 N–H and O–H groups in total. The molecular formula is C16H19N3OS. The molecule has 0 saturated carbocycles. The van der Waals surface area contributed by atoms with Crippen LogP contribution in [0.3, 0.4) is 0 Å². The fraction of sp³-hybridized carbons (Fsp3) is 0.375. The number of rotatable bonds is 5. The van der Waals surface area contributed by atoms with Gasteiger partial charge in [-0.15, -0.1) is 0 Å². The monoisotopic (exact) mass is 301 g/mol. The Balaban J connectivity index is 1.51. The summed E-state index contributed by atoms with van der Waals surface area (Å²) in [6.07, 6.45) is 5.62. The lowest BCUT2D eigenvalue weighted by Crippen LogP contribution is -2.18. The second-order valence-corrected chi connectivity index (χ2v) is 6.06. The lowest BCUT2D eigenvalue weighted by Gasteiger charge is -2.17. The molecule has 0 atom stereocenters. The number of pyridine rings is 1. The molecule has 2 aromatic rings. The van der Waals surface area contributed by atoms with Gasteiger partial charge >= 0.3 is 0 Å². The van der Waals surface area contributed by atoms with Crippen LogP contribution >= 0.6 is 11.3 Å². The van der Waals surface area contributed by atoms with E-state index in [1.165, 1.54) is 18.4 Å². The van der Waals surface area contributed by atoms with Crippen molar-refractivity contribution < 1.29 is 4.79 Å². The van der Waals surface area contributed by atoms with E-state index in [1.807, 2.05) is 23.7 Å². The number of nitrogens with zero attached hydrogens (tertiary/aromatic N) is 2. The second kappa shape index (κ2) is 6.72. The Morgan fingerprint density at radius 1 is 1.29 bits per heavy atom. The number of thiophene rings is 1. The van der Waals surface area contributed by atoms with Crippen LogP contribution in [0.2, 0.25) is 0 Å². The number of nitrogens with one attached hydrogen (secondary N) is 1. The highest BCUT2D eigenvalue weighted by molar-refractivity contribution is 7.07. The Bertz CT molecular complexity index is 574. The molecule has 1 fully saturated rings. The minimum atomic E-state index is 0.0163. The van der Waals surface area contributed by atoms with E-state index in [9.17, 15) is 4.79 Å².